The highest BCUT2D eigenvalue weighted by Gasteiger charge is 2.30. The molecule has 0 amide bonds. The van der Waals surface area contributed by atoms with Crippen LogP contribution >= 0.6 is 0 Å². The molecule has 21 heavy (non-hydrogen) atoms. The summed E-state index contributed by atoms with van der Waals surface area (Å²) in [6.07, 6.45) is -4.00. The Balaban J connectivity index is 1.83. The Kier molecular flexibility index (Phi) is 5.11. The summed E-state index contributed by atoms with van der Waals surface area (Å²) in [7, 11) is 0. The molecule has 0 aliphatic carbocycles. The topological polar surface area (TPSA) is 21.7 Å². The maximum atomic E-state index is 12.6. The number of morpholine rings is 1. The van der Waals surface area contributed by atoms with Gasteiger partial charge in [-0.1, -0.05) is 6.07 Å². The van der Waals surface area contributed by atoms with Crippen LogP contribution in [0.1, 0.15) is 19.4 Å². The Morgan fingerprint density at radius 2 is 1.90 bits per heavy atom. The second-order valence-electron chi connectivity index (χ2n) is 5.39. The third-order valence-electron chi connectivity index (χ3n) is 3.33. The van der Waals surface area contributed by atoms with Crippen molar-refractivity contribution in [2.75, 3.05) is 26.2 Å². The van der Waals surface area contributed by atoms with E-state index in [2.05, 4.69) is 4.90 Å². The van der Waals surface area contributed by atoms with Crippen molar-refractivity contribution in [1.29, 1.82) is 0 Å². The van der Waals surface area contributed by atoms with E-state index in [0.29, 0.717) is 13.2 Å². The highest BCUT2D eigenvalue weighted by Crippen LogP contribution is 2.31. The summed E-state index contributed by atoms with van der Waals surface area (Å²) in [5.41, 5.74) is -0.686. The van der Waals surface area contributed by atoms with Crippen LogP contribution in [0.4, 0.5) is 13.2 Å². The summed E-state index contributed by atoms with van der Waals surface area (Å²) >= 11 is 0. The predicted octanol–water partition coefficient (Wildman–Crippen LogP) is 3.19. The minimum absolute atomic E-state index is 0.169. The predicted molar refractivity (Wildman–Crippen MR) is 73.4 cm³/mol. The zero-order valence-corrected chi connectivity index (χ0v) is 12.2. The second kappa shape index (κ2) is 6.66. The van der Waals surface area contributed by atoms with Crippen molar-refractivity contribution < 1.29 is 22.6 Å². The van der Waals surface area contributed by atoms with Gasteiger partial charge in [0.05, 0.1) is 17.8 Å². The zero-order valence-electron chi connectivity index (χ0n) is 12.2. The van der Waals surface area contributed by atoms with Crippen molar-refractivity contribution >= 4 is 0 Å². The number of halogens is 3. The first-order valence-corrected chi connectivity index (χ1v) is 7.02. The Morgan fingerprint density at radius 1 is 1.24 bits per heavy atom. The molecule has 3 nitrogen and oxygen atoms in total. The van der Waals surface area contributed by atoms with Crippen molar-refractivity contribution in [3.63, 3.8) is 0 Å². The Morgan fingerprint density at radius 3 is 2.52 bits per heavy atom. The van der Waals surface area contributed by atoms with Gasteiger partial charge in [-0.2, -0.15) is 13.2 Å². The van der Waals surface area contributed by atoms with E-state index in [9.17, 15) is 13.2 Å². The lowest BCUT2D eigenvalue weighted by atomic mass is 10.2. The van der Waals surface area contributed by atoms with Gasteiger partial charge in [-0.05, 0) is 32.0 Å². The van der Waals surface area contributed by atoms with Crippen LogP contribution in [-0.2, 0) is 10.9 Å². The van der Waals surface area contributed by atoms with Gasteiger partial charge in [0.15, 0.2) is 0 Å². The van der Waals surface area contributed by atoms with Gasteiger partial charge in [-0.15, -0.1) is 0 Å². The molecule has 1 saturated heterocycles. The van der Waals surface area contributed by atoms with E-state index in [1.54, 1.807) is 6.07 Å². The van der Waals surface area contributed by atoms with Gasteiger partial charge < -0.3 is 9.47 Å². The monoisotopic (exact) mass is 303 g/mol. The molecule has 0 spiro atoms. The van der Waals surface area contributed by atoms with Crippen LogP contribution in [0.15, 0.2) is 24.3 Å². The lowest BCUT2D eigenvalue weighted by Crippen LogP contribution is -2.46. The maximum Gasteiger partial charge on any atom is 0.416 e. The molecule has 2 rings (SSSR count). The van der Waals surface area contributed by atoms with Crippen molar-refractivity contribution in [3.05, 3.63) is 29.8 Å². The minimum atomic E-state index is -4.34. The molecule has 0 N–H and O–H groups in total. The first kappa shape index (κ1) is 16.1. The zero-order chi connectivity index (χ0) is 15.5. The Hall–Kier alpha value is -1.27. The summed E-state index contributed by atoms with van der Waals surface area (Å²) in [5, 5.41) is 0. The summed E-state index contributed by atoms with van der Waals surface area (Å²) < 4.78 is 48.8. The summed E-state index contributed by atoms with van der Waals surface area (Å²) in [6, 6.07) is 4.97. The highest BCUT2D eigenvalue weighted by atomic mass is 19.4. The molecule has 0 radical (unpaired) electrons. The smallest absolute Gasteiger partial charge is 0.416 e. The molecule has 1 aliphatic rings. The van der Waals surface area contributed by atoms with E-state index in [0.717, 1.165) is 25.2 Å². The third kappa shape index (κ3) is 4.89. The van der Waals surface area contributed by atoms with E-state index in [-0.39, 0.29) is 18.0 Å². The molecular formula is C15H20F3NO2. The quantitative estimate of drug-likeness (QED) is 0.852. The molecular weight excluding hydrogens is 283 g/mol. The fraction of sp³-hybridized carbons (Fsp3) is 0.600. The maximum absolute atomic E-state index is 12.6. The van der Waals surface area contributed by atoms with Gasteiger partial charge in [-0.3, -0.25) is 4.90 Å². The molecule has 1 heterocycles. The Bertz CT molecular complexity index is 454. The van der Waals surface area contributed by atoms with Gasteiger partial charge in [-0.25, -0.2) is 0 Å². The minimum Gasteiger partial charge on any atom is -0.492 e. The van der Waals surface area contributed by atoms with E-state index < -0.39 is 11.7 Å². The largest absolute Gasteiger partial charge is 0.492 e. The number of rotatable bonds is 4. The molecule has 118 valence electrons. The van der Waals surface area contributed by atoms with E-state index in [1.807, 2.05) is 13.8 Å². The first-order chi connectivity index (χ1) is 9.84. The van der Waals surface area contributed by atoms with Crippen LogP contribution in [-0.4, -0.2) is 43.3 Å². The number of alkyl halides is 3. The average molecular weight is 303 g/mol. The molecule has 1 aromatic carbocycles. The van der Waals surface area contributed by atoms with Crippen LogP contribution in [0.25, 0.3) is 0 Å². The number of benzene rings is 1. The van der Waals surface area contributed by atoms with Crippen molar-refractivity contribution in [2.24, 2.45) is 0 Å². The van der Waals surface area contributed by atoms with Crippen LogP contribution in [0.2, 0.25) is 0 Å². The first-order valence-electron chi connectivity index (χ1n) is 7.02. The van der Waals surface area contributed by atoms with Gasteiger partial charge in [0.25, 0.3) is 0 Å². The van der Waals surface area contributed by atoms with Crippen LogP contribution in [0, 0.1) is 0 Å². The van der Waals surface area contributed by atoms with Crippen LogP contribution in [0.5, 0.6) is 5.75 Å². The second-order valence-corrected chi connectivity index (χ2v) is 5.39. The third-order valence-corrected chi connectivity index (χ3v) is 3.33. The van der Waals surface area contributed by atoms with Crippen molar-refractivity contribution in [3.8, 4) is 5.75 Å². The molecule has 0 aromatic heterocycles. The highest BCUT2D eigenvalue weighted by molar-refractivity contribution is 5.30. The van der Waals surface area contributed by atoms with Gasteiger partial charge in [0.1, 0.15) is 12.4 Å². The van der Waals surface area contributed by atoms with Crippen molar-refractivity contribution in [2.45, 2.75) is 32.2 Å². The molecule has 0 saturated carbocycles. The van der Waals surface area contributed by atoms with Crippen LogP contribution < -0.4 is 4.74 Å². The van der Waals surface area contributed by atoms with Crippen LogP contribution in [0.3, 0.4) is 0 Å². The molecule has 1 aliphatic heterocycles. The number of ether oxygens (including phenoxy) is 2. The van der Waals surface area contributed by atoms with Crippen molar-refractivity contribution in [1.82, 2.24) is 4.90 Å². The average Bonchev–Trinajstić information content (AvgIpc) is 2.37. The number of nitrogens with zero attached hydrogens (tertiary/aromatic N) is 1. The lowest BCUT2D eigenvalue weighted by Gasteiger charge is -2.35. The normalized spacial score (nSPS) is 24.0. The number of hydrogen-bond donors (Lipinski definition) is 0. The molecule has 6 heteroatoms. The molecule has 2 atom stereocenters. The van der Waals surface area contributed by atoms with Gasteiger partial charge in [0, 0.05) is 19.6 Å². The van der Waals surface area contributed by atoms with E-state index in [1.165, 1.54) is 6.07 Å². The number of hydrogen-bond acceptors (Lipinski definition) is 3. The van der Waals surface area contributed by atoms with Gasteiger partial charge >= 0.3 is 6.18 Å². The molecule has 0 bridgehead atoms. The fourth-order valence-corrected chi connectivity index (χ4v) is 2.52. The fourth-order valence-electron chi connectivity index (χ4n) is 2.52. The SMILES string of the molecule is CC1CN(CCOc2cccc(C(F)(F)F)c2)CC(C)O1. The van der Waals surface area contributed by atoms with E-state index in [4.69, 9.17) is 9.47 Å². The van der Waals surface area contributed by atoms with Gasteiger partial charge in [0.2, 0.25) is 0 Å². The Labute approximate surface area is 122 Å². The lowest BCUT2D eigenvalue weighted by molar-refractivity contribution is -0.137. The molecule has 1 fully saturated rings. The summed E-state index contributed by atoms with van der Waals surface area (Å²) in [4.78, 5) is 2.20. The molecule has 2 unspecified atom stereocenters. The molecule has 1 aromatic rings. The van der Waals surface area contributed by atoms with E-state index >= 15 is 0 Å². The summed E-state index contributed by atoms with van der Waals surface area (Å²) in [5.74, 6) is 0.249. The summed E-state index contributed by atoms with van der Waals surface area (Å²) in [6.45, 7) is 6.69. The standard InChI is InChI=1S/C15H20F3NO2/c1-11-9-19(10-12(2)21-11)6-7-20-14-5-3-4-13(8-14)15(16,17)18/h3-5,8,11-12H,6-7,9-10H2,1-2H3.